The molecular formula is C29H27N3O5S. The van der Waals surface area contributed by atoms with Gasteiger partial charge in [-0.25, -0.2) is 0 Å². The fourth-order valence-corrected chi connectivity index (χ4v) is 5.13. The van der Waals surface area contributed by atoms with Gasteiger partial charge in [-0.1, -0.05) is 35.9 Å². The Balaban J connectivity index is 1.31. The second kappa shape index (κ2) is 10.5. The third kappa shape index (κ3) is 5.47. The normalized spacial score (nSPS) is 14.1. The van der Waals surface area contributed by atoms with Crippen molar-refractivity contribution in [1.29, 1.82) is 0 Å². The molecule has 38 heavy (non-hydrogen) atoms. The molecule has 1 heterocycles. The lowest BCUT2D eigenvalue weighted by Crippen LogP contribution is -2.22. The molecule has 5 rings (SSSR count). The molecule has 1 amide bonds. The number of nitrogens with one attached hydrogen (secondary N) is 2. The van der Waals surface area contributed by atoms with Gasteiger partial charge in [0.1, 0.15) is 17.3 Å². The SMILES string of the molecule is Cc1ccc(S(=O)(=O)N/N=C2\CCCc3oc(C(=O)Nc4ccc(Oc5ccccc5)cc4)c(C)c32)cc1. The maximum atomic E-state index is 13.1. The minimum Gasteiger partial charge on any atom is -0.457 e. The molecule has 1 aromatic heterocycles. The summed E-state index contributed by atoms with van der Waals surface area (Å²) in [4.78, 5) is 15.5. The Labute approximate surface area is 221 Å². The lowest BCUT2D eigenvalue weighted by molar-refractivity contribution is 0.0994. The molecule has 3 aromatic carbocycles. The second-order valence-corrected chi connectivity index (χ2v) is 10.7. The molecule has 0 saturated heterocycles. The van der Waals surface area contributed by atoms with Crippen LogP contribution in [-0.4, -0.2) is 20.0 Å². The number of hydrogen-bond acceptors (Lipinski definition) is 6. The standard InChI is InChI=1S/C29H27N3O5S/c1-19-11-17-24(18-12-19)38(34,35)32-31-25-9-6-10-26-27(25)20(2)28(37-26)29(33)30-21-13-15-23(16-14-21)36-22-7-4-3-5-8-22/h3-5,7-8,11-18,32H,6,9-10H2,1-2H3,(H,30,33)/b31-25+. The molecule has 1 aliphatic rings. The number of benzene rings is 3. The van der Waals surface area contributed by atoms with Gasteiger partial charge in [0.2, 0.25) is 0 Å². The van der Waals surface area contributed by atoms with E-state index in [-0.39, 0.29) is 10.7 Å². The van der Waals surface area contributed by atoms with Crippen molar-refractivity contribution in [3.63, 3.8) is 0 Å². The number of carbonyl (C=O) groups is 1. The van der Waals surface area contributed by atoms with Gasteiger partial charge in [-0.15, -0.1) is 0 Å². The van der Waals surface area contributed by atoms with Crippen LogP contribution in [0.5, 0.6) is 11.5 Å². The fourth-order valence-electron chi connectivity index (χ4n) is 4.30. The van der Waals surface area contributed by atoms with Crippen molar-refractivity contribution < 1.29 is 22.4 Å². The molecule has 4 aromatic rings. The largest absolute Gasteiger partial charge is 0.457 e. The van der Waals surface area contributed by atoms with Gasteiger partial charge in [-0.3, -0.25) is 4.79 Å². The highest BCUT2D eigenvalue weighted by molar-refractivity contribution is 7.89. The first-order valence-electron chi connectivity index (χ1n) is 12.2. The summed E-state index contributed by atoms with van der Waals surface area (Å²) in [5.41, 5.74) is 3.39. The molecule has 0 fully saturated rings. The number of hydrazone groups is 1. The fraction of sp³-hybridized carbons (Fsp3) is 0.172. The first kappa shape index (κ1) is 25.3. The van der Waals surface area contributed by atoms with Crippen LogP contribution in [0.2, 0.25) is 0 Å². The van der Waals surface area contributed by atoms with E-state index in [0.717, 1.165) is 17.7 Å². The molecule has 0 spiro atoms. The lowest BCUT2D eigenvalue weighted by Gasteiger charge is -2.14. The lowest BCUT2D eigenvalue weighted by atomic mass is 9.93. The van der Waals surface area contributed by atoms with Gasteiger partial charge in [-0.05, 0) is 75.2 Å². The number of amides is 1. The van der Waals surface area contributed by atoms with Crippen LogP contribution in [0.15, 0.2) is 93.3 Å². The molecule has 9 heteroatoms. The van der Waals surface area contributed by atoms with Crippen LogP contribution in [0.25, 0.3) is 0 Å². The summed E-state index contributed by atoms with van der Waals surface area (Å²) < 4.78 is 37.2. The Bertz CT molecular complexity index is 1590. The highest BCUT2D eigenvalue weighted by Crippen LogP contribution is 2.31. The van der Waals surface area contributed by atoms with Crippen molar-refractivity contribution in [2.75, 3.05) is 5.32 Å². The number of rotatable bonds is 7. The van der Waals surface area contributed by atoms with Gasteiger partial charge in [0.25, 0.3) is 15.9 Å². The number of aryl methyl sites for hydroxylation is 2. The van der Waals surface area contributed by atoms with Crippen molar-refractivity contribution in [3.8, 4) is 11.5 Å². The molecular weight excluding hydrogens is 502 g/mol. The third-order valence-electron chi connectivity index (χ3n) is 6.26. The van der Waals surface area contributed by atoms with Gasteiger partial charge in [0.15, 0.2) is 5.76 Å². The summed E-state index contributed by atoms with van der Waals surface area (Å²) in [5, 5.41) is 7.09. The number of hydrogen-bond donors (Lipinski definition) is 2. The highest BCUT2D eigenvalue weighted by atomic mass is 32.2. The van der Waals surface area contributed by atoms with E-state index in [2.05, 4.69) is 15.2 Å². The van der Waals surface area contributed by atoms with Gasteiger partial charge in [0.05, 0.1) is 10.6 Å². The minimum atomic E-state index is -3.82. The number of sulfonamides is 1. The molecule has 0 saturated carbocycles. The second-order valence-electron chi connectivity index (χ2n) is 9.07. The molecule has 8 nitrogen and oxygen atoms in total. The molecule has 194 valence electrons. The molecule has 0 bridgehead atoms. The van der Waals surface area contributed by atoms with Crippen molar-refractivity contribution >= 4 is 27.3 Å². The van der Waals surface area contributed by atoms with Crippen molar-refractivity contribution in [2.24, 2.45) is 5.10 Å². The van der Waals surface area contributed by atoms with E-state index in [1.54, 1.807) is 43.3 Å². The Kier molecular flexibility index (Phi) is 7.02. The molecule has 2 N–H and O–H groups in total. The number of nitrogens with zero attached hydrogens (tertiary/aromatic N) is 1. The van der Waals surface area contributed by atoms with Crippen LogP contribution >= 0.6 is 0 Å². The van der Waals surface area contributed by atoms with Gasteiger partial charge < -0.3 is 14.5 Å². The zero-order chi connectivity index (χ0) is 26.7. The van der Waals surface area contributed by atoms with Crippen LogP contribution in [0.1, 0.15) is 45.8 Å². The first-order chi connectivity index (χ1) is 18.3. The topological polar surface area (TPSA) is 110 Å². The zero-order valence-corrected chi connectivity index (χ0v) is 21.8. The van der Waals surface area contributed by atoms with E-state index in [0.29, 0.717) is 46.9 Å². The van der Waals surface area contributed by atoms with Crippen LogP contribution in [0, 0.1) is 13.8 Å². The summed E-state index contributed by atoms with van der Waals surface area (Å²) in [5.74, 6) is 1.77. The Morgan fingerprint density at radius 3 is 2.29 bits per heavy atom. The molecule has 0 unspecified atom stereocenters. The monoisotopic (exact) mass is 529 g/mol. The predicted octanol–water partition coefficient (Wildman–Crippen LogP) is 5.96. The van der Waals surface area contributed by atoms with E-state index >= 15 is 0 Å². The number of anilines is 1. The Hall–Kier alpha value is -4.37. The predicted molar refractivity (Wildman–Crippen MR) is 145 cm³/mol. The number of furan rings is 1. The summed E-state index contributed by atoms with van der Waals surface area (Å²) in [6.45, 7) is 3.67. The molecule has 1 aliphatic carbocycles. The van der Waals surface area contributed by atoms with Gasteiger partial charge in [0, 0.05) is 23.2 Å². The zero-order valence-electron chi connectivity index (χ0n) is 21.0. The van der Waals surface area contributed by atoms with Crippen LogP contribution in [-0.2, 0) is 16.4 Å². The summed E-state index contributed by atoms with van der Waals surface area (Å²) >= 11 is 0. The molecule has 0 radical (unpaired) electrons. The molecule has 0 atom stereocenters. The number of para-hydroxylation sites is 1. The van der Waals surface area contributed by atoms with E-state index in [1.165, 1.54) is 12.1 Å². The van der Waals surface area contributed by atoms with Gasteiger partial charge >= 0.3 is 0 Å². The average molecular weight is 530 g/mol. The van der Waals surface area contributed by atoms with E-state index in [4.69, 9.17) is 9.15 Å². The Morgan fingerprint density at radius 2 is 1.58 bits per heavy atom. The average Bonchev–Trinajstić information content (AvgIpc) is 3.26. The quantitative estimate of drug-likeness (QED) is 0.287. The van der Waals surface area contributed by atoms with Crippen LogP contribution in [0.4, 0.5) is 5.69 Å². The smallest absolute Gasteiger partial charge is 0.291 e. The summed E-state index contributed by atoms with van der Waals surface area (Å²) in [6.07, 6.45) is 1.93. The first-order valence-corrected chi connectivity index (χ1v) is 13.7. The molecule has 0 aliphatic heterocycles. The maximum Gasteiger partial charge on any atom is 0.291 e. The maximum absolute atomic E-state index is 13.1. The van der Waals surface area contributed by atoms with Crippen LogP contribution in [0.3, 0.4) is 0 Å². The van der Waals surface area contributed by atoms with Gasteiger partial charge in [-0.2, -0.15) is 18.4 Å². The van der Waals surface area contributed by atoms with E-state index < -0.39 is 15.9 Å². The van der Waals surface area contributed by atoms with Crippen molar-refractivity contribution in [2.45, 2.75) is 38.0 Å². The number of carbonyl (C=O) groups excluding carboxylic acids is 1. The Morgan fingerprint density at radius 1 is 0.895 bits per heavy atom. The van der Waals surface area contributed by atoms with Crippen molar-refractivity contribution in [3.05, 3.63) is 107 Å². The third-order valence-corrected chi connectivity index (χ3v) is 7.48. The summed E-state index contributed by atoms with van der Waals surface area (Å²) in [7, 11) is -3.82. The van der Waals surface area contributed by atoms with Crippen LogP contribution < -0.4 is 14.9 Å². The number of ether oxygens (including phenoxy) is 1. The highest BCUT2D eigenvalue weighted by Gasteiger charge is 2.28. The van der Waals surface area contributed by atoms with E-state index in [1.807, 2.05) is 37.3 Å². The summed E-state index contributed by atoms with van der Waals surface area (Å²) in [6, 6.07) is 23.0. The van der Waals surface area contributed by atoms with E-state index in [9.17, 15) is 13.2 Å². The number of fused-ring (bicyclic) bond motifs is 1. The van der Waals surface area contributed by atoms with Crippen molar-refractivity contribution in [1.82, 2.24) is 4.83 Å². The minimum absolute atomic E-state index is 0.132.